The van der Waals surface area contributed by atoms with Gasteiger partial charge in [0.05, 0.1) is 42.0 Å². The molecule has 1 aromatic rings. The molecule has 3 saturated heterocycles. The van der Waals surface area contributed by atoms with Gasteiger partial charge in [-0.15, -0.1) is 13.2 Å². The van der Waals surface area contributed by atoms with Gasteiger partial charge in [0, 0.05) is 38.1 Å². The number of hydrogen-bond donors (Lipinski definition) is 7. The first-order chi connectivity index (χ1) is 30.7. The van der Waals surface area contributed by atoms with Crippen molar-refractivity contribution in [3.8, 4) is 11.5 Å². The van der Waals surface area contributed by atoms with E-state index < -0.39 is 120 Å². The standard InChI is InChI=1S/C47H80F3N3O13/c1-14-19-52-25-46(58)31(8)61-36(23-44(46,10)59-13)64-37-28(5)40(43(9,56)22-26(3)24-53-30(7)39(54)45(11,57)35(15-2)63-41(55)29(37)6)65-42-38(34(51-12)20-27(4)60-42)62-32-17-16-18-33(21-32)66-47(48,49)50/h16-18,21,26-31,34-40,42,51-54,56-58H,14-15,19-20,22-25H2,1-13H3/t26-,27-,28+,29-,30-,31+,34+,35-,36+,37+,38-,39-,40-,42+,43-,44-,45-,46+/m1/s1. The molecule has 0 aliphatic carbocycles. The van der Waals surface area contributed by atoms with E-state index in [1.54, 1.807) is 55.5 Å². The number of alkyl halides is 3. The summed E-state index contributed by atoms with van der Waals surface area (Å²) in [5, 5.41) is 58.0. The number of carbonyl (C=O) groups is 1. The number of halogens is 3. The molecule has 0 bridgehead atoms. The number of aliphatic hydroxyl groups excluding tert-OH is 1. The monoisotopic (exact) mass is 952 g/mol. The maximum atomic E-state index is 14.5. The lowest BCUT2D eigenvalue weighted by atomic mass is 9.75. The molecule has 1 aromatic carbocycles. The van der Waals surface area contributed by atoms with Crippen molar-refractivity contribution in [3.63, 3.8) is 0 Å². The van der Waals surface area contributed by atoms with E-state index in [0.717, 1.165) is 18.6 Å². The van der Waals surface area contributed by atoms with Crippen LogP contribution >= 0.6 is 0 Å². The molecule has 0 spiro atoms. The summed E-state index contributed by atoms with van der Waals surface area (Å²) in [5.41, 5.74) is -6.32. The Balaban J connectivity index is 1.85. The lowest BCUT2D eigenvalue weighted by Gasteiger charge is -2.53. The molecule has 3 aliphatic heterocycles. The van der Waals surface area contributed by atoms with Gasteiger partial charge in [-0.2, -0.15) is 0 Å². The highest BCUT2D eigenvalue weighted by Crippen LogP contribution is 2.43. The number of hydrogen-bond acceptors (Lipinski definition) is 16. The number of benzene rings is 1. The van der Waals surface area contributed by atoms with Gasteiger partial charge in [-0.25, -0.2) is 0 Å². The third kappa shape index (κ3) is 13.5. The van der Waals surface area contributed by atoms with Gasteiger partial charge < -0.3 is 74.3 Å². The van der Waals surface area contributed by atoms with Crippen LogP contribution in [-0.4, -0.2) is 156 Å². The summed E-state index contributed by atoms with van der Waals surface area (Å²) < 4.78 is 89.2. The van der Waals surface area contributed by atoms with Crippen molar-refractivity contribution in [2.45, 2.75) is 204 Å². The van der Waals surface area contributed by atoms with Crippen LogP contribution in [0.25, 0.3) is 0 Å². The minimum absolute atomic E-state index is 0.0181. The van der Waals surface area contributed by atoms with Gasteiger partial charge in [-0.3, -0.25) is 4.79 Å². The predicted octanol–water partition coefficient (Wildman–Crippen LogP) is 4.57. The molecule has 19 heteroatoms. The van der Waals surface area contributed by atoms with Crippen LogP contribution in [0.1, 0.15) is 108 Å². The SMILES string of the molecule is CCCNC[C@]1(O)[C@H](C)O[C@@H](O[C@H]2[C@H](C)[C@@H](O[C@@H]3O[C@H](C)C[C@H](NC)[C@H]3Oc3cccc(OC(F)(F)F)c3)[C@](C)(O)C[C@@H](C)CN[C@H](C)[C@@H](O)[C@](C)(O)[C@@H](CC)OC(=O)[C@@H]2C)C[C@@]1(C)OC. The van der Waals surface area contributed by atoms with Gasteiger partial charge in [0.15, 0.2) is 18.7 Å². The van der Waals surface area contributed by atoms with Crippen molar-refractivity contribution >= 4 is 5.97 Å². The normalized spacial score (nSPS) is 42.5. The Labute approximate surface area is 389 Å². The van der Waals surface area contributed by atoms with Crippen molar-refractivity contribution in [2.24, 2.45) is 17.8 Å². The van der Waals surface area contributed by atoms with E-state index >= 15 is 0 Å². The Morgan fingerprint density at radius 3 is 2.23 bits per heavy atom. The number of nitrogens with one attached hydrogen (secondary N) is 3. The van der Waals surface area contributed by atoms with Gasteiger partial charge in [0.2, 0.25) is 0 Å². The summed E-state index contributed by atoms with van der Waals surface area (Å²) in [5.74, 6) is -3.54. The molecule has 0 aromatic heterocycles. The van der Waals surface area contributed by atoms with Crippen LogP contribution in [0.2, 0.25) is 0 Å². The first-order valence-corrected chi connectivity index (χ1v) is 23.5. The van der Waals surface area contributed by atoms with E-state index in [9.17, 15) is 38.4 Å². The second kappa shape index (κ2) is 23.0. The van der Waals surface area contributed by atoms with Crippen LogP contribution in [-0.2, 0) is 33.2 Å². The highest BCUT2D eigenvalue weighted by atomic mass is 19.4. The first-order valence-electron chi connectivity index (χ1n) is 23.5. The van der Waals surface area contributed by atoms with E-state index in [1.165, 1.54) is 26.2 Å². The molecule has 18 atom stereocenters. The van der Waals surface area contributed by atoms with Gasteiger partial charge in [-0.05, 0) is 112 Å². The minimum Gasteiger partial charge on any atom is -0.483 e. The lowest BCUT2D eigenvalue weighted by molar-refractivity contribution is -0.335. The fourth-order valence-corrected chi connectivity index (χ4v) is 10.0. The average Bonchev–Trinajstić information content (AvgIpc) is 3.23. The molecule has 0 saturated carbocycles. The zero-order valence-corrected chi connectivity index (χ0v) is 41.1. The van der Waals surface area contributed by atoms with Crippen LogP contribution < -0.4 is 25.4 Å². The number of rotatable bonds is 14. The molecule has 0 radical (unpaired) electrons. The fourth-order valence-electron chi connectivity index (χ4n) is 10.0. The van der Waals surface area contributed by atoms with Gasteiger partial charge in [0.1, 0.15) is 40.5 Å². The van der Waals surface area contributed by atoms with Gasteiger partial charge in [-0.1, -0.05) is 33.8 Å². The van der Waals surface area contributed by atoms with Gasteiger partial charge in [0.25, 0.3) is 0 Å². The second-order valence-corrected chi connectivity index (χ2v) is 19.7. The Morgan fingerprint density at radius 1 is 0.955 bits per heavy atom. The number of ether oxygens (including phenoxy) is 8. The van der Waals surface area contributed by atoms with E-state index in [1.807, 2.05) is 20.8 Å². The maximum Gasteiger partial charge on any atom is 0.573 e. The Bertz CT molecular complexity index is 1680. The Morgan fingerprint density at radius 2 is 1.62 bits per heavy atom. The van der Waals surface area contributed by atoms with E-state index in [-0.39, 0.29) is 37.5 Å². The van der Waals surface area contributed by atoms with E-state index in [2.05, 4.69) is 20.7 Å². The minimum atomic E-state index is -4.94. The summed E-state index contributed by atoms with van der Waals surface area (Å²) in [7, 11) is 3.21. The molecular formula is C47H80F3N3O13. The third-order valence-corrected chi connectivity index (χ3v) is 14.0. The predicted molar refractivity (Wildman–Crippen MR) is 239 cm³/mol. The number of methoxy groups -OCH3 is 1. The van der Waals surface area contributed by atoms with Crippen molar-refractivity contribution in [1.29, 1.82) is 0 Å². The molecule has 16 nitrogen and oxygen atoms in total. The molecule has 7 N–H and O–H groups in total. The molecule has 382 valence electrons. The van der Waals surface area contributed by atoms with Crippen molar-refractivity contribution < 1.29 is 76.3 Å². The molecule has 3 aliphatic rings. The lowest BCUT2D eigenvalue weighted by Crippen LogP contribution is -2.70. The van der Waals surface area contributed by atoms with Crippen molar-refractivity contribution in [1.82, 2.24) is 16.0 Å². The summed E-state index contributed by atoms with van der Waals surface area (Å²) in [6, 6.07) is 3.99. The van der Waals surface area contributed by atoms with Crippen LogP contribution in [0, 0.1) is 17.8 Å². The quantitative estimate of drug-likeness (QED) is 0.101. The average molecular weight is 952 g/mol. The van der Waals surface area contributed by atoms with Gasteiger partial charge >= 0.3 is 12.3 Å². The largest absolute Gasteiger partial charge is 0.573 e. The second-order valence-electron chi connectivity index (χ2n) is 19.7. The number of cyclic esters (lactones) is 1. The van der Waals surface area contributed by atoms with Crippen LogP contribution in [0.3, 0.4) is 0 Å². The smallest absolute Gasteiger partial charge is 0.483 e. The van der Waals surface area contributed by atoms with Crippen LogP contribution in [0.5, 0.6) is 11.5 Å². The molecule has 3 fully saturated rings. The molecule has 66 heavy (non-hydrogen) atoms. The number of esters is 1. The third-order valence-electron chi connectivity index (χ3n) is 14.0. The first kappa shape index (κ1) is 56.2. The molecule has 0 amide bonds. The van der Waals surface area contributed by atoms with Crippen LogP contribution in [0.15, 0.2) is 24.3 Å². The fraction of sp³-hybridized carbons (Fsp3) is 0.851. The summed E-state index contributed by atoms with van der Waals surface area (Å²) in [4.78, 5) is 14.5. The van der Waals surface area contributed by atoms with E-state index in [4.69, 9.17) is 33.2 Å². The summed E-state index contributed by atoms with van der Waals surface area (Å²) >= 11 is 0. The zero-order valence-electron chi connectivity index (χ0n) is 41.1. The molecular weight excluding hydrogens is 872 g/mol. The van der Waals surface area contributed by atoms with Crippen molar-refractivity contribution in [2.75, 3.05) is 33.8 Å². The highest BCUT2D eigenvalue weighted by Gasteiger charge is 2.58. The Kier molecular flexibility index (Phi) is 19.6. The zero-order chi connectivity index (χ0) is 49.6. The summed E-state index contributed by atoms with van der Waals surface area (Å²) in [6.45, 7) is 20.2. The van der Waals surface area contributed by atoms with Crippen molar-refractivity contribution in [3.05, 3.63) is 24.3 Å². The summed E-state index contributed by atoms with van der Waals surface area (Å²) in [6.07, 6.45) is -12.9. The number of carbonyl (C=O) groups excluding carboxylic acids is 1. The molecule has 0 unspecified atom stereocenters. The topological polar surface area (TPSA) is 208 Å². The number of likely N-dealkylation sites (N-methyl/N-ethyl adjacent to an activating group) is 1. The van der Waals surface area contributed by atoms with E-state index in [0.29, 0.717) is 19.5 Å². The highest BCUT2D eigenvalue weighted by molar-refractivity contribution is 5.73. The van der Waals surface area contributed by atoms with Crippen LogP contribution in [0.4, 0.5) is 13.2 Å². The molecule has 3 heterocycles. The maximum absolute atomic E-state index is 14.5. The Hall–Kier alpha value is -2.40. The number of aliphatic hydroxyl groups is 4. The molecule has 4 rings (SSSR count).